The molecule has 1 N–H and O–H groups in total. The van der Waals surface area contributed by atoms with E-state index in [4.69, 9.17) is 18.5 Å². The van der Waals surface area contributed by atoms with Crippen LogP contribution in [0.2, 0.25) is 0 Å². The van der Waals surface area contributed by atoms with Gasteiger partial charge in [0.1, 0.15) is 19.8 Å². The topological polar surface area (TPSA) is 108 Å². The molecule has 2 unspecified atom stereocenters. The molecule has 9 nitrogen and oxygen atoms in total. The Labute approximate surface area is 467 Å². The molecule has 2 atom stereocenters. The summed E-state index contributed by atoms with van der Waals surface area (Å²) in [7, 11) is 1.50. The standard InChI is InChI=1S/C65H130NO8P/c1-6-8-10-12-14-16-18-20-22-24-26-27-28-29-30-31-32-33-34-35-36-37-38-39-40-42-44-46-48-50-52-54-56-58-65(68)74-63(62-73-75(69,70)72-60-59-66(3,4)5)61-71-64(67)57-55-53-51-49-47-45-43-41-25-23-21-19-17-15-13-11-9-7-2/h63H,6-62H2,1-5H3/p+1. The van der Waals surface area contributed by atoms with Gasteiger partial charge in [-0.05, 0) is 12.8 Å². The number of hydrogen-bond donors (Lipinski definition) is 1. The highest BCUT2D eigenvalue weighted by Gasteiger charge is 2.27. The average molecular weight is 1090 g/mol. The zero-order valence-electron chi connectivity index (χ0n) is 51.1. The second-order valence-electron chi connectivity index (χ2n) is 24.2. The Balaban J connectivity index is 3.94. The Hall–Kier alpha value is -0.990. The van der Waals surface area contributed by atoms with Crippen LogP contribution in [-0.4, -0.2) is 74.9 Å². The predicted molar refractivity (Wildman–Crippen MR) is 322 cm³/mol. The van der Waals surface area contributed by atoms with Crippen LogP contribution in [0.4, 0.5) is 0 Å². The van der Waals surface area contributed by atoms with Crippen molar-refractivity contribution in [3.05, 3.63) is 0 Å². The molecule has 0 rings (SSSR count). The molecule has 0 aromatic heterocycles. The number of hydrogen-bond acceptors (Lipinski definition) is 7. The number of ether oxygens (including phenoxy) is 2. The van der Waals surface area contributed by atoms with Crippen LogP contribution in [0.25, 0.3) is 0 Å². The lowest BCUT2D eigenvalue weighted by Gasteiger charge is -2.24. The molecule has 0 saturated carbocycles. The normalized spacial score (nSPS) is 13.1. The van der Waals surface area contributed by atoms with Gasteiger partial charge in [0.2, 0.25) is 0 Å². The van der Waals surface area contributed by atoms with Crippen molar-refractivity contribution in [1.29, 1.82) is 0 Å². The summed E-state index contributed by atoms with van der Waals surface area (Å²) in [4.78, 5) is 35.8. The number of likely N-dealkylation sites (N-methyl/N-ethyl adjacent to an activating group) is 1. The molecule has 0 amide bonds. The Morgan fingerprint density at radius 3 is 0.853 bits per heavy atom. The number of phosphoric acid groups is 1. The lowest BCUT2D eigenvalue weighted by Crippen LogP contribution is -2.37. The van der Waals surface area contributed by atoms with Crippen LogP contribution >= 0.6 is 7.82 Å². The van der Waals surface area contributed by atoms with E-state index < -0.39 is 26.5 Å². The van der Waals surface area contributed by atoms with Crippen LogP contribution in [0.5, 0.6) is 0 Å². The van der Waals surface area contributed by atoms with Crippen molar-refractivity contribution >= 4 is 19.8 Å². The highest BCUT2D eigenvalue weighted by molar-refractivity contribution is 7.47. The Morgan fingerprint density at radius 2 is 0.600 bits per heavy atom. The van der Waals surface area contributed by atoms with E-state index in [9.17, 15) is 19.0 Å². The molecule has 0 radical (unpaired) electrons. The van der Waals surface area contributed by atoms with E-state index in [-0.39, 0.29) is 25.6 Å². The Bertz CT molecular complexity index is 1230. The first-order valence-electron chi connectivity index (χ1n) is 33.3. The molecular weight excluding hydrogens is 954 g/mol. The zero-order chi connectivity index (χ0) is 54.9. The van der Waals surface area contributed by atoms with Gasteiger partial charge in [0, 0.05) is 12.8 Å². The quantitative estimate of drug-likeness (QED) is 0.0278. The number of carbonyl (C=O) groups excluding carboxylic acids is 2. The first-order chi connectivity index (χ1) is 36.5. The summed E-state index contributed by atoms with van der Waals surface area (Å²) in [5, 5.41) is 0. The summed E-state index contributed by atoms with van der Waals surface area (Å²) in [5.41, 5.74) is 0. The highest BCUT2D eigenvalue weighted by atomic mass is 31.2. The summed E-state index contributed by atoms with van der Waals surface area (Å²) in [6.07, 6.45) is 67.8. The highest BCUT2D eigenvalue weighted by Crippen LogP contribution is 2.43. The van der Waals surface area contributed by atoms with Gasteiger partial charge in [-0.15, -0.1) is 0 Å². The minimum atomic E-state index is -4.38. The fourth-order valence-electron chi connectivity index (χ4n) is 10.3. The van der Waals surface area contributed by atoms with Crippen molar-refractivity contribution < 1.29 is 42.1 Å². The molecule has 10 heteroatoms. The van der Waals surface area contributed by atoms with Gasteiger partial charge in [-0.1, -0.05) is 328 Å². The Morgan fingerprint density at radius 1 is 0.360 bits per heavy atom. The number of rotatable bonds is 63. The molecule has 0 aliphatic heterocycles. The van der Waals surface area contributed by atoms with E-state index in [0.717, 1.165) is 38.5 Å². The largest absolute Gasteiger partial charge is 0.472 e. The number of nitrogens with zero attached hydrogens (tertiary/aromatic N) is 1. The summed E-state index contributed by atoms with van der Waals surface area (Å²) >= 11 is 0. The molecule has 0 fully saturated rings. The van der Waals surface area contributed by atoms with E-state index in [1.54, 1.807) is 0 Å². The second kappa shape index (κ2) is 57.7. The molecule has 0 aliphatic rings. The maximum Gasteiger partial charge on any atom is 0.472 e. The van der Waals surface area contributed by atoms with Crippen LogP contribution in [-0.2, 0) is 32.7 Å². The van der Waals surface area contributed by atoms with Gasteiger partial charge in [0.15, 0.2) is 6.10 Å². The molecular formula is C65H131NO8P+. The average Bonchev–Trinajstić information content (AvgIpc) is 3.37. The third kappa shape index (κ3) is 62.1. The second-order valence-corrected chi connectivity index (χ2v) is 25.7. The van der Waals surface area contributed by atoms with Crippen molar-refractivity contribution in [2.75, 3.05) is 47.5 Å². The van der Waals surface area contributed by atoms with Gasteiger partial charge in [0.05, 0.1) is 27.7 Å². The van der Waals surface area contributed by atoms with Crippen LogP contribution in [0.15, 0.2) is 0 Å². The van der Waals surface area contributed by atoms with E-state index in [2.05, 4.69) is 13.8 Å². The summed E-state index contributed by atoms with van der Waals surface area (Å²) < 4.78 is 34.7. The summed E-state index contributed by atoms with van der Waals surface area (Å²) in [6, 6.07) is 0. The first kappa shape index (κ1) is 74.0. The molecule has 0 aromatic carbocycles. The van der Waals surface area contributed by atoms with Gasteiger partial charge in [0.25, 0.3) is 0 Å². The van der Waals surface area contributed by atoms with Crippen molar-refractivity contribution in [3.8, 4) is 0 Å². The van der Waals surface area contributed by atoms with Gasteiger partial charge >= 0.3 is 19.8 Å². The number of phosphoric ester groups is 1. The van der Waals surface area contributed by atoms with Gasteiger partial charge < -0.3 is 18.9 Å². The van der Waals surface area contributed by atoms with E-state index in [0.29, 0.717) is 17.4 Å². The van der Waals surface area contributed by atoms with E-state index in [1.807, 2.05) is 21.1 Å². The molecule has 448 valence electrons. The van der Waals surface area contributed by atoms with Gasteiger partial charge in [-0.3, -0.25) is 18.6 Å². The Kier molecular flexibility index (Phi) is 56.9. The van der Waals surface area contributed by atoms with E-state index >= 15 is 0 Å². The number of carbonyl (C=O) groups is 2. The smallest absolute Gasteiger partial charge is 0.462 e. The SMILES string of the molecule is CCCCCCCCCCCCCCCCCCCCCCCCCCCCCCCCCCCC(=O)OC(COC(=O)CCCCCCCCCCCCCCCCCCCC)COP(=O)(O)OCC[N+](C)(C)C. The lowest BCUT2D eigenvalue weighted by atomic mass is 10.0. The molecule has 0 heterocycles. The van der Waals surface area contributed by atoms with Crippen molar-refractivity contribution in [2.24, 2.45) is 0 Å². The molecule has 0 aromatic rings. The van der Waals surface area contributed by atoms with E-state index in [1.165, 1.54) is 289 Å². The monoisotopic (exact) mass is 1080 g/mol. The number of unbranched alkanes of at least 4 members (excludes halogenated alkanes) is 49. The minimum absolute atomic E-state index is 0.0375. The zero-order valence-corrected chi connectivity index (χ0v) is 52.0. The number of quaternary nitrogens is 1. The maximum absolute atomic E-state index is 12.8. The van der Waals surface area contributed by atoms with Crippen molar-refractivity contribution in [3.63, 3.8) is 0 Å². The summed E-state index contributed by atoms with van der Waals surface area (Å²) in [6.45, 7) is 4.52. The maximum atomic E-state index is 12.8. The predicted octanol–water partition coefficient (Wildman–Crippen LogP) is 21.0. The number of esters is 2. The fraction of sp³-hybridized carbons (Fsp3) is 0.969. The molecule has 0 spiro atoms. The molecule has 0 aliphatic carbocycles. The molecule has 0 saturated heterocycles. The van der Waals surface area contributed by atoms with Gasteiger partial charge in [-0.25, -0.2) is 4.57 Å². The third-order valence-electron chi connectivity index (χ3n) is 15.4. The third-order valence-corrected chi connectivity index (χ3v) is 16.4. The van der Waals surface area contributed by atoms with Crippen LogP contribution in [0.1, 0.15) is 354 Å². The van der Waals surface area contributed by atoms with Crippen LogP contribution < -0.4 is 0 Å². The van der Waals surface area contributed by atoms with Crippen LogP contribution in [0.3, 0.4) is 0 Å². The minimum Gasteiger partial charge on any atom is -0.462 e. The summed E-state index contributed by atoms with van der Waals surface area (Å²) in [5.74, 6) is -0.770. The lowest BCUT2D eigenvalue weighted by molar-refractivity contribution is -0.870. The first-order valence-corrected chi connectivity index (χ1v) is 34.8. The van der Waals surface area contributed by atoms with Gasteiger partial charge in [-0.2, -0.15) is 0 Å². The molecule has 75 heavy (non-hydrogen) atoms. The molecule has 0 bridgehead atoms. The fourth-order valence-corrected chi connectivity index (χ4v) is 11.0. The van der Waals surface area contributed by atoms with Crippen LogP contribution in [0, 0.1) is 0 Å². The van der Waals surface area contributed by atoms with Crippen molar-refractivity contribution in [2.45, 2.75) is 360 Å². The van der Waals surface area contributed by atoms with Crippen molar-refractivity contribution in [1.82, 2.24) is 0 Å².